The van der Waals surface area contributed by atoms with Gasteiger partial charge in [-0.1, -0.05) is 25.8 Å². The van der Waals surface area contributed by atoms with Crippen molar-refractivity contribution in [2.45, 2.75) is 51.6 Å². The number of amides is 2. The summed E-state index contributed by atoms with van der Waals surface area (Å²) in [6.07, 6.45) is 4.58. The number of urea groups is 1. The molecule has 2 rings (SSSR count). The Morgan fingerprint density at radius 1 is 1.36 bits per heavy atom. The summed E-state index contributed by atoms with van der Waals surface area (Å²) in [6.45, 7) is 4.01. The van der Waals surface area contributed by atoms with Crippen LogP contribution in [0.4, 0.5) is 9.18 Å². The van der Waals surface area contributed by atoms with Crippen molar-refractivity contribution in [1.82, 2.24) is 10.6 Å². The van der Waals surface area contributed by atoms with Gasteiger partial charge in [0.05, 0.1) is 13.2 Å². The highest BCUT2D eigenvalue weighted by atomic mass is 19.1. The van der Waals surface area contributed by atoms with E-state index in [1.807, 2.05) is 6.92 Å². The zero-order chi connectivity index (χ0) is 16.1. The van der Waals surface area contributed by atoms with Crippen LogP contribution < -0.4 is 15.4 Å². The van der Waals surface area contributed by atoms with E-state index in [0.29, 0.717) is 11.5 Å². The molecule has 1 aromatic carbocycles. The van der Waals surface area contributed by atoms with Gasteiger partial charge in [-0.05, 0) is 43.4 Å². The number of rotatable bonds is 4. The minimum Gasteiger partial charge on any atom is -0.494 e. The third-order valence-electron chi connectivity index (χ3n) is 4.45. The average molecular weight is 308 g/mol. The molecule has 2 N–H and O–H groups in total. The molecule has 0 radical (unpaired) electrons. The highest BCUT2D eigenvalue weighted by Crippen LogP contribution is 2.24. The summed E-state index contributed by atoms with van der Waals surface area (Å²) in [6, 6.07) is 4.50. The molecule has 0 aliphatic heterocycles. The molecule has 1 saturated carbocycles. The molecule has 1 fully saturated rings. The van der Waals surface area contributed by atoms with Crippen LogP contribution in [0.5, 0.6) is 5.75 Å². The van der Waals surface area contributed by atoms with Crippen LogP contribution in [0.1, 0.15) is 51.1 Å². The van der Waals surface area contributed by atoms with Crippen LogP contribution in [0, 0.1) is 11.7 Å². The van der Waals surface area contributed by atoms with Crippen LogP contribution in [0.3, 0.4) is 0 Å². The summed E-state index contributed by atoms with van der Waals surface area (Å²) in [7, 11) is 1.43. The normalized spacial score (nSPS) is 22.7. The number of carbonyl (C=O) groups is 1. The average Bonchev–Trinajstić information content (AvgIpc) is 2.49. The highest BCUT2D eigenvalue weighted by Gasteiger charge is 2.23. The number of hydrogen-bond acceptors (Lipinski definition) is 2. The summed E-state index contributed by atoms with van der Waals surface area (Å²) in [5.74, 6) is 0.291. The Hall–Kier alpha value is -1.78. The second-order valence-corrected chi connectivity index (χ2v) is 6.10. The fraction of sp³-hybridized carbons (Fsp3) is 0.588. The zero-order valence-corrected chi connectivity index (χ0v) is 13.5. The third-order valence-corrected chi connectivity index (χ3v) is 4.45. The Kier molecular flexibility index (Phi) is 5.63. The van der Waals surface area contributed by atoms with Crippen molar-refractivity contribution in [3.05, 3.63) is 29.6 Å². The van der Waals surface area contributed by atoms with Gasteiger partial charge in [0.25, 0.3) is 0 Å². The van der Waals surface area contributed by atoms with Gasteiger partial charge < -0.3 is 15.4 Å². The van der Waals surface area contributed by atoms with Gasteiger partial charge >= 0.3 is 6.03 Å². The molecular formula is C17H25FN2O2. The molecule has 0 bridgehead atoms. The SMILES string of the molecule is COc1ccc([C@H](C)NC(=O)N[C@@H]2CCCC[C@H]2C)cc1F. The Morgan fingerprint density at radius 3 is 2.73 bits per heavy atom. The number of nitrogens with one attached hydrogen (secondary N) is 2. The predicted octanol–water partition coefficient (Wildman–Crippen LogP) is 3.77. The number of benzene rings is 1. The molecule has 4 nitrogen and oxygen atoms in total. The molecule has 0 spiro atoms. The number of ether oxygens (including phenoxy) is 1. The Bertz CT molecular complexity index is 521. The molecule has 3 atom stereocenters. The molecule has 0 saturated heterocycles. The first kappa shape index (κ1) is 16.6. The van der Waals surface area contributed by atoms with Crippen LogP contribution >= 0.6 is 0 Å². The van der Waals surface area contributed by atoms with E-state index >= 15 is 0 Å². The second kappa shape index (κ2) is 7.47. The lowest BCUT2D eigenvalue weighted by Crippen LogP contribution is -2.46. The Labute approximate surface area is 131 Å². The predicted molar refractivity (Wildman–Crippen MR) is 84.5 cm³/mol. The maximum Gasteiger partial charge on any atom is 0.315 e. The standard InChI is InChI=1S/C17H25FN2O2/c1-11-6-4-5-7-15(11)20-17(21)19-12(2)13-8-9-16(22-3)14(18)10-13/h8-12,15H,4-7H2,1-3H3,(H2,19,20,21)/t11-,12+,15-/m1/s1. The number of methoxy groups -OCH3 is 1. The molecule has 2 amide bonds. The van der Waals surface area contributed by atoms with Crippen molar-refractivity contribution in [2.75, 3.05) is 7.11 Å². The van der Waals surface area contributed by atoms with Crippen LogP contribution in [0.2, 0.25) is 0 Å². The lowest BCUT2D eigenvalue weighted by Gasteiger charge is -2.30. The molecule has 1 aliphatic carbocycles. The summed E-state index contributed by atoms with van der Waals surface area (Å²) in [4.78, 5) is 12.1. The van der Waals surface area contributed by atoms with E-state index < -0.39 is 5.82 Å². The molecular weight excluding hydrogens is 283 g/mol. The van der Waals surface area contributed by atoms with Crippen LogP contribution in [-0.2, 0) is 0 Å². The van der Waals surface area contributed by atoms with Crippen LogP contribution in [0.15, 0.2) is 18.2 Å². The number of carbonyl (C=O) groups excluding carboxylic acids is 1. The quantitative estimate of drug-likeness (QED) is 0.889. The first-order valence-corrected chi connectivity index (χ1v) is 7.91. The smallest absolute Gasteiger partial charge is 0.315 e. The monoisotopic (exact) mass is 308 g/mol. The number of hydrogen-bond donors (Lipinski definition) is 2. The molecule has 0 aromatic heterocycles. The molecule has 0 unspecified atom stereocenters. The maximum atomic E-state index is 13.7. The van der Waals surface area contributed by atoms with Gasteiger partial charge in [-0.2, -0.15) is 0 Å². The zero-order valence-electron chi connectivity index (χ0n) is 13.5. The van der Waals surface area contributed by atoms with Gasteiger partial charge in [0, 0.05) is 6.04 Å². The van der Waals surface area contributed by atoms with E-state index in [1.165, 1.54) is 19.6 Å². The largest absolute Gasteiger partial charge is 0.494 e. The molecule has 1 aromatic rings. The first-order chi connectivity index (χ1) is 10.5. The van der Waals surface area contributed by atoms with Crippen molar-refractivity contribution in [1.29, 1.82) is 0 Å². The van der Waals surface area contributed by atoms with E-state index in [1.54, 1.807) is 12.1 Å². The van der Waals surface area contributed by atoms with Gasteiger partial charge in [0.1, 0.15) is 0 Å². The second-order valence-electron chi connectivity index (χ2n) is 6.10. The lowest BCUT2D eigenvalue weighted by atomic mass is 9.86. The molecule has 1 aliphatic rings. The van der Waals surface area contributed by atoms with Gasteiger partial charge in [0.2, 0.25) is 0 Å². The van der Waals surface area contributed by atoms with Crippen molar-refractivity contribution < 1.29 is 13.9 Å². The van der Waals surface area contributed by atoms with Gasteiger partial charge in [-0.3, -0.25) is 0 Å². The fourth-order valence-electron chi connectivity index (χ4n) is 2.97. The van der Waals surface area contributed by atoms with E-state index in [4.69, 9.17) is 4.74 Å². The maximum absolute atomic E-state index is 13.7. The van der Waals surface area contributed by atoms with Gasteiger partial charge in [-0.25, -0.2) is 9.18 Å². The summed E-state index contributed by atoms with van der Waals surface area (Å²) in [5.41, 5.74) is 0.713. The molecule has 22 heavy (non-hydrogen) atoms. The molecule has 122 valence electrons. The van der Waals surface area contributed by atoms with E-state index in [2.05, 4.69) is 17.6 Å². The Morgan fingerprint density at radius 2 is 2.09 bits per heavy atom. The topological polar surface area (TPSA) is 50.4 Å². The van der Waals surface area contributed by atoms with Crippen LogP contribution in [0.25, 0.3) is 0 Å². The minimum absolute atomic E-state index is 0.192. The van der Waals surface area contributed by atoms with E-state index in [0.717, 1.165) is 19.3 Å². The summed E-state index contributed by atoms with van der Waals surface area (Å²) >= 11 is 0. The molecule has 0 heterocycles. The van der Waals surface area contributed by atoms with Gasteiger partial charge in [-0.15, -0.1) is 0 Å². The number of halogens is 1. The van der Waals surface area contributed by atoms with Gasteiger partial charge in [0.15, 0.2) is 11.6 Å². The van der Waals surface area contributed by atoms with E-state index in [-0.39, 0.29) is 23.9 Å². The highest BCUT2D eigenvalue weighted by molar-refractivity contribution is 5.74. The van der Waals surface area contributed by atoms with Crippen LogP contribution in [-0.4, -0.2) is 19.2 Å². The Balaban J connectivity index is 1.91. The first-order valence-electron chi connectivity index (χ1n) is 7.91. The fourth-order valence-corrected chi connectivity index (χ4v) is 2.97. The van der Waals surface area contributed by atoms with Crippen molar-refractivity contribution in [2.24, 2.45) is 5.92 Å². The summed E-state index contributed by atoms with van der Waals surface area (Å²) < 4.78 is 18.6. The lowest BCUT2D eigenvalue weighted by molar-refractivity contribution is 0.219. The van der Waals surface area contributed by atoms with Crippen molar-refractivity contribution in [3.8, 4) is 5.75 Å². The van der Waals surface area contributed by atoms with Crippen molar-refractivity contribution >= 4 is 6.03 Å². The molecule has 5 heteroatoms. The minimum atomic E-state index is -0.421. The van der Waals surface area contributed by atoms with E-state index in [9.17, 15) is 9.18 Å². The van der Waals surface area contributed by atoms with Crippen molar-refractivity contribution in [3.63, 3.8) is 0 Å². The third kappa shape index (κ3) is 4.12. The summed E-state index contributed by atoms with van der Waals surface area (Å²) in [5, 5.41) is 5.91.